The molecule has 1 fully saturated rings. The molecule has 124 valence electrons. The van der Waals surface area contributed by atoms with Crippen LogP contribution in [0.5, 0.6) is 0 Å². The van der Waals surface area contributed by atoms with Gasteiger partial charge in [-0.2, -0.15) is 0 Å². The van der Waals surface area contributed by atoms with E-state index in [4.69, 9.17) is 0 Å². The van der Waals surface area contributed by atoms with E-state index in [-0.39, 0.29) is 12.0 Å². The number of nitrogens with zero attached hydrogens (tertiary/aromatic N) is 1. The summed E-state index contributed by atoms with van der Waals surface area (Å²) in [7, 11) is 0. The number of imide groups is 2. The normalized spacial score (nSPS) is 21.3. The van der Waals surface area contributed by atoms with Crippen molar-refractivity contribution in [2.45, 2.75) is 52.6 Å². The lowest BCUT2D eigenvalue weighted by atomic mass is 9.91. The third-order valence-electron chi connectivity index (χ3n) is 3.14. The van der Waals surface area contributed by atoms with E-state index < -0.39 is 36.0 Å². The summed E-state index contributed by atoms with van der Waals surface area (Å²) >= 11 is 0. The average molecular weight is 312 g/mol. The van der Waals surface area contributed by atoms with Crippen molar-refractivity contribution < 1.29 is 19.2 Å². The molecule has 0 spiro atoms. The Morgan fingerprint density at radius 3 is 2.32 bits per heavy atom. The van der Waals surface area contributed by atoms with Gasteiger partial charge in [-0.05, 0) is 33.1 Å². The van der Waals surface area contributed by atoms with Crippen LogP contribution in [0.2, 0.25) is 0 Å². The highest BCUT2D eigenvalue weighted by Crippen LogP contribution is 2.24. The third-order valence-corrected chi connectivity index (χ3v) is 3.14. The first-order chi connectivity index (χ1) is 10.0. The van der Waals surface area contributed by atoms with Crippen molar-refractivity contribution >= 4 is 23.9 Å². The van der Waals surface area contributed by atoms with Crippen LogP contribution in [-0.2, 0) is 9.59 Å². The van der Waals surface area contributed by atoms with Gasteiger partial charge in [-0.1, -0.05) is 13.8 Å². The molecule has 1 atom stereocenters. The molecule has 0 aromatic carbocycles. The zero-order valence-corrected chi connectivity index (χ0v) is 13.6. The lowest BCUT2D eigenvalue weighted by Gasteiger charge is -2.23. The van der Waals surface area contributed by atoms with Gasteiger partial charge >= 0.3 is 12.1 Å². The molecule has 1 aliphatic rings. The summed E-state index contributed by atoms with van der Waals surface area (Å²) in [5.41, 5.74) is -1.01. The van der Waals surface area contributed by atoms with Crippen molar-refractivity contribution in [3.63, 3.8) is 0 Å². The van der Waals surface area contributed by atoms with Crippen LogP contribution in [0, 0.1) is 5.92 Å². The number of carbonyl (C=O) groups is 4. The summed E-state index contributed by atoms with van der Waals surface area (Å²) < 4.78 is 0. The van der Waals surface area contributed by atoms with Crippen LogP contribution in [0.25, 0.3) is 0 Å². The summed E-state index contributed by atoms with van der Waals surface area (Å²) in [5, 5.41) is 7.18. The van der Waals surface area contributed by atoms with Gasteiger partial charge in [0.2, 0.25) is 5.91 Å². The third kappa shape index (κ3) is 4.44. The first-order valence-electron chi connectivity index (χ1n) is 7.29. The second-order valence-electron chi connectivity index (χ2n) is 6.43. The van der Waals surface area contributed by atoms with Gasteiger partial charge in [-0.15, -0.1) is 0 Å². The summed E-state index contributed by atoms with van der Waals surface area (Å²) in [6.45, 7) is 8.53. The van der Waals surface area contributed by atoms with Gasteiger partial charge in [-0.25, -0.2) is 9.59 Å². The van der Waals surface area contributed by atoms with Crippen molar-refractivity contribution in [1.29, 1.82) is 0 Å². The second kappa shape index (κ2) is 6.76. The van der Waals surface area contributed by atoms with Crippen LogP contribution < -0.4 is 16.0 Å². The Morgan fingerprint density at radius 2 is 1.82 bits per heavy atom. The van der Waals surface area contributed by atoms with Crippen LogP contribution >= 0.6 is 0 Å². The maximum absolute atomic E-state index is 12.3. The summed E-state index contributed by atoms with van der Waals surface area (Å²) in [6, 6.07) is -1.40. The maximum Gasteiger partial charge on any atom is 0.325 e. The minimum absolute atomic E-state index is 0.126. The van der Waals surface area contributed by atoms with Gasteiger partial charge < -0.3 is 10.6 Å². The molecule has 0 radical (unpaired) electrons. The Kier molecular flexibility index (Phi) is 5.51. The number of nitrogens with one attached hydrogen (secondary N) is 3. The van der Waals surface area contributed by atoms with Crippen LogP contribution in [0.3, 0.4) is 0 Å². The topological polar surface area (TPSA) is 108 Å². The number of urea groups is 2. The Bertz CT molecular complexity index is 489. The molecular weight excluding hydrogens is 288 g/mol. The standard InChI is InChI=1S/C14H24N4O4/c1-8(2)6-14(5)11(20)18(13(22)17-14)7-10(19)16-12(21)15-9(3)4/h8-9H,6-7H2,1-5H3,(H,17,22)(H2,15,16,19,21). The molecular formula is C14H24N4O4. The van der Waals surface area contributed by atoms with E-state index in [1.807, 2.05) is 13.8 Å². The predicted octanol–water partition coefficient (Wildman–Crippen LogP) is 0.577. The lowest BCUT2D eigenvalue weighted by molar-refractivity contribution is -0.134. The Balaban J connectivity index is 2.66. The molecule has 6 amide bonds. The van der Waals surface area contributed by atoms with E-state index in [1.54, 1.807) is 20.8 Å². The second-order valence-corrected chi connectivity index (χ2v) is 6.43. The van der Waals surface area contributed by atoms with Crippen LogP contribution in [0.4, 0.5) is 9.59 Å². The maximum atomic E-state index is 12.3. The monoisotopic (exact) mass is 312 g/mol. The summed E-state index contributed by atoms with van der Waals surface area (Å²) in [5.74, 6) is -0.957. The molecule has 1 unspecified atom stereocenters. The van der Waals surface area contributed by atoms with E-state index in [9.17, 15) is 19.2 Å². The van der Waals surface area contributed by atoms with Gasteiger partial charge in [0.25, 0.3) is 5.91 Å². The zero-order valence-electron chi connectivity index (χ0n) is 13.6. The molecule has 3 N–H and O–H groups in total. The van der Waals surface area contributed by atoms with Crippen LogP contribution in [-0.4, -0.2) is 46.9 Å². The van der Waals surface area contributed by atoms with E-state index in [2.05, 4.69) is 16.0 Å². The first kappa shape index (κ1) is 17.9. The fourth-order valence-electron chi connectivity index (χ4n) is 2.45. The SMILES string of the molecule is CC(C)CC1(C)NC(=O)N(CC(=O)NC(=O)NC(C)C)C1=O. The van der Waals surface area contributed by atoms with Crippen LogP contribution in [0.15, 0.2) is 0 Å². The highest BCUT2D eigenvalue weighted by atomic mass is 16.2. The zero-order chi connectivity index (χ0) is 17.1. The molecule has 22 heavy (non-hydrogen) atoms. The minimum atomic E-state index is -1.01. The van der Waals surface area contributed by atoms with Crippen molar-refractivity contribution in [3.8, 4) is 0 Å². The summed E-state index contributed by atoms with van der Waals surface area (Å²) in [4.78, 5) is 48.3. The van der Waals surface area contributed by atoms with Crippen molar-refractivity contribution in [2.75, 3.05) is 6.54 Å². The predicted molar refractivity (Wildman–Crippen MR) is 79.9 cm³/mol. The highest BCUT2D eigenvalue weighted by molar-refractivity contribution is 6.09. The van der Waals surface area contributed by atoms with E-state index in [0.29, 0.717) is 6.42 Å². The van der Waals surface area contributed by atoms with E-state index in [1.165, 1.54) is 0 Å². The fraction of sp³-hybridized carbons (Fsp3) is 0.714. The van der Waals surface area contributed by atoms with Crippen molar-refractivity contribution in [1.82, 2.24) is 20.9 Å². The number of hydrogen-bond donors (Lipinski definition) is 3. The smallest absolute Gasteiger partial charge is 0.325 e. The average Bonchev–Trinajstić information content (AvgIpc) is 2.50. The molecule has 0 aromatic heterocycles. The highest BCUT2D eigenvalue weighted by Gasteiger charge is 2.48. The number of carbonyl (C=O) groups excluding carboxylic acids is 4. The Hall–Kier alpha value is -2.12. The minimum Gasteiger partial charge on any atom is -0.336 e. The molecule has 1 aliphatic heterocycles. The number of rotatable bonds is 5. The molecule has 0 aromatic rings. The molecule has 0 bridgehead atoms. The van der Waals surface area contributed by atoms with Gasteiger partial charge in [-0.3, -0.25) is 19.8 Å². The van der Waals surface area contributed by atoms with Crippen molar-refractivity contribution in [2.24, 2.45) is 5.92 Å². The first-order valence-corrected chi connectivity index (χ1v) is 7.29. The molecule has 8 nitrogen and oxygen atoms in total. The van der Waals surface area contributed by atoms with E-state index >= 15 is 0 Å². The van der Waals surface area contributed by atoms with Gasteiger partial charge in [0, 0.05) is 6.04 Å². The van der Waals surface area contributed by atoms with Gasteiger partial charge in [0.15, 0.2) is 0 Å². The quantitative estimate of drug-likeness (QED) is 0.645. The molecule has 0 aliphatic carbocycles. The molecule has 1 rings (SSSR count). The molecule has 8 heteroatoms. The Morgan fingerprint density at radius 1 is 1.23 bits per heavy atom. The number of hydrogen-bond acceptors (Lipinski definition) is 4. The largest absolute Gasteiger partial charge is 0.336 e. The van der Waals surface area contributed by atoms with Gasteiger partial charge in [0.1, 0.15) is 12.1 Å². The fourth-order valence-corrected chi connectivity index (χ4v) is 2.45. The van der Waals surface area contributed by atoms with Crippen molar-refractivity contribution in [3.05, 3.63) is 0 Å². The molecule has 0 saturated carbocycles. The summed E-state index contributed by atoms with van der Waals surface area (Å²) in [6.07, 6.45) is 0.476. The number of amides is 6. The lowest BCUT2D eigenvalue weighted by Crippen LogP contribution is -2.48. The molecule has 1 heterocycles. The Labute approximate surface area is 130 Å². The van der Waals surface area contributed by atoms with Gasteiger partial charge in [0.05, 0.1) is 0 Å². The van der Waals surface area contributed by atoms with E-state index in [0.717, 1.165) is 4.90 Å². The van der Waals surface area contributed by atoms with Crippen LogP contribution in [0.1, 0.15) is 41.0 Å². The molecule has 1 saturated heterocycles.